The number of carboxylic acid groups (broad SMARTS) is 1. The molecule has 1 rings (SSSR count). The van der Waals surface area contributed by atoms with Gasteiger partial charge in [-0.3, -0.25) is 14.9 Å². The number of hydrogen-bond donors (Lipinski definition) is 3. The van der Waals surface area contributed by atoms with Gasteiger partial charge in [0, 0.05) is 6.04 Å². The molecule has 1 amide bonds. The van der Waals surface area contributed by atoms with Crippen LogP contribution in [0.25, 0.3) is 0 Å². The Bertz CT molecular complexity index is 262. The van der Waals surface area contributed by atoms with E-state index < -0.39 is 18.1 Å². The van der Waals surface area contributed by atoms with Crippen LogP contribution in [-0.4, -0.2) is 35.1 Å². The first kappa shape index (κ1) is 13.0. The van der Waals surface area contributed by atoms with Crippen molar-refractivity contribution in [2.45, 2.75) is 57.7 Å². The van der Waals surface area contributed by atoms with Gasteiger partial charge in [0.25, 0.3) is 0 Å². The van der Waals surface area contributed by atoms with E-state index in [1.807, 2.05) is 0 Å². The number of carbonyl (C=O) groups excluding carboxylic acids is 1. The SMILES string of the molecule is CC(NC(C)C(=O)NC1CCCC1)C(=O)O. The monoisotopic (exact) mass is 228 g/mol. The minimum atomic E-state index is -0.944. The zero-order chi connectivity index (χ0) is 12.1. The van der Waals surface area contributed by atoms with Crippen LogP contribution in [0.4, 0.5) is 0 Å². The number of hydrogen-bond acceptors (Lipinski definition) is 3. The summed E-state index contributed by atoms with van der Waals surface area (Å²) in [6, 6.07) is -0.895. The van der Waals surface area contributed by atoms with Gasteiger partial charge in [0.05, 0.1) is 6.04 Å². The Hall–Kier alpha value is -1.10. The predicted octanol–water partition coefficient (Wildman–Crippen LogP) is 0.496. The summed E-state index contributed by atoms with van der Waals surface area (Å²) in [6.07, 6.45) is 4.40. The lowest BCUT2D eigenvalue weighted by atomic mass is 10.2. The van der Waals surface area contributed by atoms with Crippen LogP contribution in [0.5, 0.6) is 0 Å². The number of rotatable bonds is 5. The molecule has 16 heavy (non-hydrogen) atoms. The van der Waals surface area contributed by atoms with E-state index >= 15 is 0 Å². The van der Waals surface area contributed by atoms with Gasteiger partial charge in [-0.1, -0.05) is 12.8 Å². The Morgan fingerprint density at radius 3 is 2.25 bits per heavy atom. The maximum absolute atomic E-state index is 11.7. The Morgan fingerprint density at radius 1 is 1.19 bits per heavy atom. The van der Waals surface area contributed by atoms with Gasteiger partial charge in [-0.15, -0.1) is 0 Å². The fourth-order valence-electron chi connectivity index (χ4n) is 1.92. The van der Waals surface area contributed by atoms with Crippen LogP contribution in [-0.2, 0) is 9.59 Å². The molecule has 0 aromatic carbocycles. The summed E-state index contributed by atoms with van der Waals surface area (Å²) in [6.45, 7) is 3.21. The summed E-state index contributed by atoms with van der Waals surface area (Å²) in [4.78, 5) is 22.3. The van der Waals surface area contributed by atoms with Crippen LogP contribution >= 0.6 is 0 Å². The average molecular weight is 228 g/mol. The molecule has 1 saturated carbocycles. The number of nitrogens with one attached hydrogen (secondary N) is 2. The molecule has 92 valence electrons. The maximum Gasteiger partial charge on any atom is 0.320 e. The quantitative estimate of drug-likeness (QED) is 0.640. The van der Waals surface area contributed by atoms with Gasteiger partial charge in [0.2, 0.25) is 5.91 Å². The molecule has 0 saturated heterocycles. The number of carboxylic acids is 1. The van der Waals surface area contributed by atoms with Gasteiger partial charge < -0.3 is 10.4 Å². The molecule has 1 aliphatic carbocycles. The van der Waals surface area contributed by atoms with Crippen LogP contribution in [0.15, 0.2) is 0 Å². The predicted molar refractivity (Wildman–Crippen MR) is 60.1 cm³/mol. The summed E-state index contributed by atoms with van der Waals surface area (Å²) in [5, 5.41) is 14.4. The Labute approximate surface area is 95.6 Å². The minimum absolute atomic E-state index is 0.111. The second-order valence-electron chi connectivity index (χ2n) is 4.44. The van der Waals surface area contributed by atoms with Gasteiger partial charge in [-0.25, -0.2) is 0 Å². The van der Waals surface area contributed by atoms with Gasteiger partial charge in [0.1, 0.15) is 6.04 Å². The van der Waals surface area contributed by atoms with E-state index in [9.17, 15) is 9.59 Å². The molecule has 0 heterocycles. The molecule has 5 nitrogen and oxygen atoms in total. The number of aliphatic carboxylic acids is 1. The second kappa shape index (κ2) is 5.84. The van der Waals surface area contributed by atoms with Gasteiger partial charge in [0.15, 0.2) is 0 Å². The summed E-state index contributed by atoms with van der Waals surface area (Å²) < 4.78 is 0. The molecule has 0 aromatic heterocycles. The molecular formula is C11H20N2O3. The molecule has 3 N–H and O–H groups in total. The lowest BCUT2D eigenvalue weighted by molar-refractivity contribution is -0.139. The van der Waals surface area contributed by atoms with Crippen LogP contribution in [0.3, 0.4) is 0 Å². The number of carbonyl (C=O) groups is 2. The fourth-order valence-corrected chi connectivity index (χ4v) is 1.92. The van der Waals surface area contributed by atoms with Crippen molar-refractivity contribution in [2.75, 3.05) is 0 Å². The fraction of sp³-hybridized carbons (Fsp3) is 0.818. The lowest BCUT2D eigenvalue weighted by Crippen LogP contribution is -2.50. The summed E-state index contributed by atoms with van der Waals surface area (Å²) in [7, 11) is 0. The molecule has 0 aliphatic heterocycles. The average Bonchev–Trinajstić information content (AvgIpc) is 2.69. The molecule has 2 unspecified atom stereocenters. The van der Waals surface area contributed by atoms with Gasteiger partial charge in [-0.2, -0.15) is 0 Å². The molecule has 2 atom stereocenters. The Kier molecular flexibility index (Phi) is 4.73. The summed E-state index contributed by atoms with van der Waals surface area (Å²) >= 11 is 0. The molecule has 0 radical (unpaired) electrons. The third-order valence-electron chi connectivity index (χ3n) is 2.97. The van der Waals surface area contributed by atoms with Crippen LogP contribution in [0.1, 0.15) is 39.5 Å². The van der Waals surface area contributed by atoms with Crippen molar-refractivity contribution in [3.8, 4) is 0 Å². The highest BCUT2D eigenvalue weighted by molar-refractivity contribution is 5.82. The molecule has 0 aromatic rings. The minimum Gasteiger partial charge on any atom is -0.480 e. The van der Waals surface area contributed by atoms with Crippen molar-refractivity contribution in [3.05, 3.63) is 0 Å². The first-order chi connectivity index (χ1) is 7.50. The highest BCUT2D eigenvalue weighted by Crippen LogP contribution is 2.17. The zero-order valence-electron chi connectivity index (χ0n) is 9.82. The van der Waals surface area contributed by atoms with Crippen molar-refractivity contribution < 1.29 is 14.7 Å². The van der Waals surface area contributed by atoms with E-state index in [2.05, 4.69) is 10.6 Å². The largest absolute Gasteiger partial charge is 0.480 e. The molecule has 1 fully saturated rings. The smallest absolute Gasteiger partial charge is 0.320 e. The Morgan fingerprint density at radius 2 is 1.75 bits per heavy atom. The first-order valence-electron chi connectivity index (χ1n) is 5.80. The van der Waals surface area contributed by atoms with Crippen LogP contribution in [0, 0.1) is 0 Å². The van der Waals surface area contributed by atoms with E-state index in [4.69, 9.17) is 5.11 Å². The lowest BCUT2D eigenvalue weighted by Gasteiger charge is -2.19. The third kappa shape index (κ3) is 3.81. The van der Waals surface area contributed by atoms with Crippen LogP contribution in [0.2, 0.25) is 0 Å². The van der Waals surface area contributed by atoms with E-state index in [-0.39, 0.29) is 11.9 Å². The molecule has 5 heteroatoms. The topological polar surface area (TPSA) is 78.4 Å². The summed E-state index contributed by atoms with van der Waals surface area (Å²) in [5.74, 6) is -1.06. The molecular weight excluding hydrogens is 208 g/mol. The third-order valence-corrected chi connectivity index (χ3v) is 2.97. The van der Waals surface area contributed by atoms with Crippen molar-refractivity contribution in [1.29, 1.82) is 0 Å². The van der Waals surface area contributed by atoms with Gasteiger partial charge in [-0.05, 0) is 26.7 Å². The first-order valence-corrected chi connectivity index (χ1v) is 5.80. The van der Waals surface area contributed by atoms with Crippen molar-refractivity contribution in [2.24, 2.45) is 0 Å². The Balaban J connectivity index is 2.32. The molecule has 0 spiro atoms. The normalized spacial score (nSPS) is 20.4. The summed E-state index contributed by atoms with van der Waals surface area (Å²) in [5.41, 5.74) is 0. The van der Waals surface area contributed by atoms with E-state index in [0.29, 0.717) is 0 Å². The highest BCUT2D eigenvalue weighted by atomic mass is 16.4. The van der Waals surface area contributed by atoms with E-state index in [0.717, 1.165) is 25.7 Å². The van der Waals surface area contributed by atoms with E-state index in [1.54, 1.807) is 6.92 Å². The maximum atomic E-state index is 11.7. The van der Waals surface area contributed by atoms with Crippen molar-refractivity contribution in [3.63, 3.8) is 0 Å². The highest BCUT2D eigenvalue weighted by Gasteiger charge is 2.22. The zero-order valence-corrected chi connectivity index (χ0v) is 9.82. The second-order valence-corrected chi connectivity index (χ2v) is 4.44. The van der Waals surface area contributed by atoms with Gasteiger partial charge >= 0.3 is 5.97 Å². The standard InChI is InChI=1S/C11H20N2O3/c1-7(12-8(2)11(15)16)10(14)13-9-5-3-4-6-9/h7-9,12H,3-6H2,1-2H3,(H,13,14)(H,15,16). The molecule has 1 aliphatic rings. The molecule has 0 bridgehead atoms. The van der Waals surface area contributed by atoms with Crippen LogP contribution < -0.4 is 10.6 Å². The number of amides is 1. The van der Waals surface area contributed by atoms with Crippen molar-refractivity contribution >= 4 is 11.9 Å². The van der Waals surface area contributed by atoms with E-state index in [1.165, 1.54) is 6.92 Å². The van der Waals surface area contributed by atoms with Crippen molar-refractivity contribution in [1.82, 2.24) is 10.6 Å².